The Kier molecular flexibility index (Phi) is 4.53. The Balaban J connectivity index is 1.38. The molecule has 4 aliphatic rings. The third-order valence-electron chi connectivity index (χ3n) is 7.39. The lowest BCUT2D eigenvalue weighted by Gasteiger charge is -2.29. The Morgan fingerprint density at radius 2 is 2.17 bits per heavy atom. The predicted octanol–water partition coefficient (Wildman–Crippen LogP) is 1.83. The topological polar surface area (TPSA) is 67.7 Å². The van der Waals surface area contributed by atoms with E-state index >= 15 is 0 Å². The molecule has 1 aromatic heterocycles. The molecule has 2 fully saturated rings. The molecule has 0 unspecified atom stereocenters. The lowest BCUT2D eigenvalue weighted by atomic mass is 9.76. The van der Waals surface area contributed by atoms with Crippen LogP contribution in [0.5, 0.6) is 0 Å². The number of carbonyl (C=O) groups is 2. The van der Waals surface area contributed by atoms with Gasteiger partial charge in [0.05, 0.1) is 43.1 Å². The SMILES string of the molecule is CCC(CC)CN1C[C@]23C=C[C@H](O2)[C@H](C(=O)N2CCCn4cncc4C2)[C@H]3C1=O. The molecule has 1 spiro atoms. The number of imidazole rings is 1. The van der Waals surface area contributed by atoms with Crippen LogP contribution < -0.4 is 0 Å². The van der Waals surface area contributed by atoms with E-state index in [9.17, 15) is 9.59 Å². The van der Waals surface area contributed by atoms with Gasteiger partial charge >= 0.3 is 0 Å². The van der Waals surface area contributed by atoms with Gasteiger partial charge in [-0.1, -0.05) is 38.8 Å². The van der Waals surface area contributed by atoms with E-state index in [0.717, 1.165) is 38.0 Å². The van der Waals surface area contributed by atoms with Crippen LogP contribution in [-0.2, 0) is 27.4 Å². The van der Waals surface area contributed by atoms with Crippen molar-refractivity contribution in [2.24, 2.45) is 17.8 Å². The first kappa shape index (κ1) is 18.9. The molecule has 5 heterocycles. The highest BCUT2D eigenvalue weighted by atomic mass is 16.5. The van der Waals surface area contributed by atoms with Crippen LogP contribution in [0.2, 0.25) is 0 Å². The molecule has 29 heavy (non-hydrogen) atoms. The predicted molar refractivity (Wildman–Crippen MR) is 107 cm³/mol. The van der Waals surface area contributed by atoms with Crippen molar-refractivity contribution in [2.45, 2.75) is 57.9 Å². The van der Waals surface area contributed by atoms with Gasteiger partial charge in [0.2, 0.25) is 11.8 Å². The second-order valence-corrected chi connectivity index (χ2v) is 8.99. The Hall–Kier alpha value is -2.15. The van der Waals surface area contributed by atoms with Gasteiger partial charge in [-0.15, -0.1) is 0 Å². The van der Waals surface area contributed by atoms with E-state index in [2.05, 4.69) is 29.5 Å². The highest BCUT2D eigenvalue weighted by molar-refractivity contribution is 5.93. The van der Waals surface area contributed by atoms with E-state index in [-0.39, 0.29) is 23.8 Å². The Labute approximate surface area is 171 Å². The van der Waals surface area contributed by atoms with Crippen molar-refractivity contribution < 1.29 is 14.3 Å². The van der Waals surface area contributed by atoms with Gasteiger partial charge in [-0.25, -0.2) is 4.98 Å². The summed E-state index contributed by atoms with van der Waals surface area (Å²) >= 11 is 0. The molecule has 4 aliphatic heterocycles. The summed E-state index contributed by atoms with van der Waals surface area (Å²) < 4.78 is 8.42. The van der Waals surface area contributed by atoms with Gasteiger partial charge < -0.3 is 19.1 Å². The van der Waals surface area contributed by atoms with E-state index < -0.39 is 11.5 Å². The maximum Gasteiger partial charge on any atom is 0.230 e. The minimum Gasteiger partial charge on any atom is -0.360 e. The van der Waals surface area contributed by atoms with Gasteiger partial charge in [-0.3, -0.25) is 9.59 Å². The largest absolute Gasteiger partial charge is 0.360 e. The minimum atomic E-state index is -0.609. The monoisotopic (exact) mass is 398 g/mol. The molecule has 2 bridgehead atoms. The molecule has 0 aliphatic carbocycles. The molecule has 5 rings (SSSR count). The van der Waals surface area contributed by atoms with E-state index in [1.54, 1.807) is 0 Å². The number of aromatic nitrogens is 2. The van der Waals surface area contributed by atoms with Gasteiger partial charge in [-0.2, -0.15) is 0 Å². The van der Waals surface area contributed by atoms with Crippen molar-refractivity contribution >= 4 is 11.8 Å². The first-order valence-electron chi connectivity index (χ1n) is 11.0. The summed E-state index contributed by atoms with van der Waals surface area (Å²) in [6.07, 6.45) is 10.5. The van der Waals surface area contributed by atoms with Gasteiger partial charge in [0.25, 0.3) is 0 Å². The van der Waals surface area contributed by atoms with Gasteiger partial charge in [0, 0.05) is 25.8 Å². The lowest BCUT2D eigenvalue weighted by molar-refractivity contribution is -0.143. The quantitative estimate of drug-likeness (QED) is 0.710. The van der Waals surface area contributed by atoms with Crippen LogP contribution in [0, 0.1) is 17.8 Å². The van der Waals surface area contributed by atoms with E-state index in [1.807, 2.05) is 28.4 Å². The fourth-order valence-corrected chi connectivity index (χ4v) is 5.66. The Morgan fingerprint density at radius 1 is 1.34 bits per heavy atom. The zero-order chi connectivity index (χ0) is 20.2. The average Bonchev–Trinajstić information content (AvgIpc) is 3.44. The molecule has 156 valence electrons. The van der Waals surface area contributed by atoms with Crippen LogP contribution >= 0.6 is 0 Å². The normalized spacial score (nSPS) is 32.8. The zero-order valence-electron chi connectivity index (χ0n) is 17.3. The van der Waals surface area contributed by atoms with E-state index in [4.69, 9.17) is 4.74 Å². The van der Waals surface area contributed by atoms with Crippen LogP contribution in [0.4, 0.5) is 0 Å². The van der Waals surface area contributed by atoms with Crippen molar-refractivity contribution in [1.29, 1.82) is 0 Å². The number of hydrogen-bond acceptors (Lipinski definition) is 4. The van der Waals surface area contributed by atoms with Crippen LogP contribution in [0.3, 0.4) is 0 Å². The standard InChI is InChI=1S/C22H30N4O3/c1-3-15(4-2)11-26-13-22-7-6-17(29-22)18(19(22)21(26)28)20(27)24-8-5-9-25-14-23-10-16(25)12-24/h6-7,10,14-15,17-19H,3-5,8-9,11-13H2,1-2H3/t17-,18-,19-,22-/m0/s1. The van der Waals surface area contributed by atoms with Crippen LogP contribution in [0.1, 0.15) is 38.8 Å². The molecule has 7 heteroatoms. The number of fused-ring (bicyclic) bond motifs is 2. The first-order chi connectivity index (χ1) is 14.1. The van der Waals surface area contributed by atoms with Crippen molar-refractivity contribution in [3.05, 3.63) is 30.4 Å². The zero-order valence-corrected chi connectivity index (χ0v) is 17.3. The van der Waals surface area contributed by atoms with Crippen molar-refractivity contribution in [1.82, 2.24) is 19.4 Å². The number of carbonyl (C=O) groups excluding carboxylic acids is 2. The Bertz CT molecular complexity index is 845. The molecule has 0 aromatic carbocycles. The third-order valence-corrected chi connectivity index (χ3v) is 7.39. The molecule has 7 nitrogen and oxygen atoms in total. The molecule has 0 saturated carbocycles. The molecule has 1 aromatic rings. The van der Waals surface area contributed by atoms with Gasteiger partial charge in [0.15, 0.2) is 0 Å². The number of aryl methyl sites for hydroxylation is 1. The lowest BCUT2D eigenvalue weighted by Crippen LogP contribution is -2.46. The second-order valence-electron chi connectivity index (χ2n) is 8.99. The molecule has 2 amide bonds. The number of rotatable bonds is 5. The fraction of sp³-hybridized carbons (Fsp3) is 0.682. The summed E-state index contributed by atoms with van der Waals surface area (Å²) in [6.45, 7) is 7.82. The second kappa shape index (κ2) is 6.97. The maximum absolute atomic E-state index is 13.6. The fourth-order valence-electron chi connectivity index (χ4n) is 5.66. The summed E-state index contributed by atoms with van der Waals surface area (Å²) in [5.74, 6) is -0.142. The van der Waals surface area contributed by atoms with Crippen LogP contribution in [0.15, 0.2) is 24.7 Å². The van der Waals surface area contributed by atoms with Crippen molar-refractivity contribution in [3.8, 4) is 0 Å². The van der Waals surface area contributed by atoms with Crippen LogP contribution in [-0.4, -0.2) is 62.5 Å². The summed E-state index contributed by atoms with van der Waals surface area (Å²) in [6, 6.07) is 0. The Morgan fingerprint density at radius 3 is 2.97 bits per heavy atom. The maximum atomic E-state index is 13.6. The number of amides is 2. The highest BCUT2D eigenvalue weighted by Crippen LogP contribution is 2.52. The van der Waals surface area contributed by atoms with Crippen molar-refractivity contribution in [3.63, 3.8) is 0 Å². The number of ether oxygens (including phenoxy) is 1. The molecule has 2 saturated heterocycles. The summed E-state index contributed by atoms with van der Waals surface area (Å²) in [4.78, 5) is 35.1. The van der Waals surface area contributed by atoms with Crippen molar-refractivity contribution in [2.75, 3.05) is 19.6 Å². The molecular formula is C22H30N4O3. The molecule has 0 N–H and O–H groups in total. The average molecular weight is 399 g/mol. The first-order valence-corrected chi connectivity index (χ1v) is 11.0. The number of nitrogens with zero attached hydrogens (tertiary/aromatic N) is 4. The smallest absolute Gasteiger partial charge is 0.230 e. The summed E-state index contributed by atoms with van der Waals surface area (Å²) in [5.41, 5.74) is 0.445. The number of likely N-dealkylation sites (tertiary alicyclic amines) is 1. The molecule has 4 atom stereocenters. The highest BCUT2D eigenvalue weighted by Gasteiger charge is 2.67. The number of hydrogen-bond donors (Lipinski definition) is 0. The van der Waals surface area contributed by atoms with E-state index in [0.29, 0.717) is 25.6 Å². The van der Waals surface area contributed by atoms with E-state index in [1.165, 1.54) is 0 Å². The molecular weight excluding hydrogens is 368 g/mol. The third kappa shape index (κ3) is 2.85. The van der Waals surface area contributed by atoms with Gasteiger partial charge in [0.1, 0.15) is 5.60 Å². The minimum absolute atomic E-state index is 0.0543. The summed E-state index contributed by atoms with van der Waals surface area (Å²) in [5, 5.41) is 0. The molecule has 0 radical (unpaired) electrons. The van der Waals surface area contributed by atoms with Crippen LogP contribution in [0.25, 0.3) is 0 Å². The van der Waals surface area contributed by atoms with Gasteiger partial charge in [-0.05, 0) is 12.3 Å². The summed E-state index contributed by atoms with van der Waals surface area (Å²) in [7, 11) is 0.